The van der Waals surface area contributed by atoms with Crippen molar-refractivity contribution in [2.45, 2.75) is 12.8 Å². The molecule has 0 bridgehead atoms. The average Bonchev–Trinajstić information content (AvgIpc) is 3.40. The van der Waals surface area contributed by atoms with Crippen LogP contribution in [0.2, 0.25) is 10.0 Å². The lowest BCUT2D eigenvalue weighted by Gasteiger charge is -2.11. The van der Waals surface area contributed by atoms with Crippen molar-refractivity contribution in [3.05, 3.63) is 106 Å². The van der Waals surface area contributed by atoms with E-state index in [1.807, 2.05) is 60.7 Å². The average molecular weight is 471 g/mol. The topological polar surface area (TPSA) is 71.2 Å². The van der Waals surface area contributed by atoms with Crippen molar-refractivity contribution >= 4 is 29.0 Å². The van der Waals surface area contributed by atoms with Crippen LogP contribution in [0.5, 0.6) is 0 Å². The van der Waals surface area contributed by atoms with Crippen LogP contribution in [0, 0.1) is 0 Å². The maximum Gasteiger partial charge on any atom is 0.213 e. The van der Waals surface area contributed by atoms with E-state index < -0.39 is 0 Å². The lowest BCUT2D eigenvalue weighted by atomic mass is 10.1. The highest BCUT2D eigenvalue weighted by Crippen LogP contribution is 2.15. The fraction of sp³-hybridized carbons (Fsp3) is 0.174. The Morgan fingerprint density at radius 2 is 1.22 bits per heavy atom. The zero-order valence-corrected chi connectivity index (χ0v) is 18.5. The van der Waals surface area contributed by atoms with Gasteiger partial charge in [-0.05, 0) is 47.5 Å². The number of Topliss-reactive ketones (excluding diaryl/α,β-unsaturated/α-hetero) is 1. The fourth-order valence-electron chi connectivity index (χ4n) is 3.14. The van der Waals surface area contributed by atoms with E-state index in [0.29, 0.717) is 22.9 Å². The van der Waals surface area contributed by atoms with Crippen molar-refractivity contribution in [3.63, 3.8) is 0 Å². The van der Waals surface area contributed by atoms with Crippen LogP contribution in [-0.2, 0) is 17.6 Å². The molecule has 0 aliphatic heterocycles. The summed E-state index contributed by atoms with van der Waals surface area (Å²) in [7, 11) is 0. The zero-order valence-electron chi connectivity index (χ0n) is 17.0. The number of benzene rings is 2. The van der Waals surface area contributed by atoms with Crippen LogP contribution in [-0.4, -0.2) is 38.9 Å². The van der Waals surface area contributed by atoms with Gasteiger partial charge in [0.1, 0.15) is 0 Å². The van der Waals surface area contributed by atoms with Crippen molar-refractivity contribution in [2.75, 3.05) is 13.2 Å². The van der Waals surface area contributed by atoms with Gasteiger partial charge in [0.2, 0.25) is 5.78 Å². The molecule has 4 aromatic rings. The second kappa shape index (κ2) is 10.3. The van der Waals surface area contributed by atoms with Crippen molar-refractivity contribution in [2.24, 2.45) is 0 Å². The van der Waals surface area contributed by atoms with Crippen LogP contribution in [0.4, 0.5) is 0 Å². The number of halogens is 2. The second-order valence-electron chi connectivity index (χ2n) is 7.09. The summed E-state index contributed by atoms with van der Waals surface area (Å²) in [4.78, 5) is 26.1. The Bertz CT molecular complexity index is 1110. The summed E-state index contributed by atoms with van der Waals surface area (Å²) in [6.45, 7) is -0.371. The van der Waals surface area contributed by atoms with Crippen LogP contribution in [0.25, 0.3) is 0 Å². The molecule has 0 radical (unpaired) electrons. The van der Waals surface area contributed by atoms with Crippen molar-refractivity contribution in [3.8, 4) is 0 Å². The van der Waals surface area contributed by atoms with Gasteiger partial charge in [0.15, 0.2) is 13.2 Å². The second-order valence-corrected chi connectivity index (χ2v) is 7.96. The molecule has 4 rings (SSSR count). The molecule has 0 aliphatic rings. The molecule has 9 heteroatoms. The summed E-state index contributed by atoms with van der Waals surface area (Å²) in [5, 5.41) is 9.57. The van der Waals surface area contributed by atoms with Gasteiger partial charge in [-0.1, -0.05) is 47.5 Å². The van der Waals surface area contributed by atoms with Crippen LogP contribution in [0.15, 0.2) is 73.1 Å². The molecule has 0 atom stereocenters. The van der Waals surface area contributed by atoms with Gasteiger partial charge in [-0.25, -0.2) is 0 Å². The molecule has 0 aliphatic carbocycles. The summed E-state index contributed by atoms with van der Waals surface area (Å²) in [6, 6.07) is 18.7. The zero-order chi connectivity index (χ0) is 22.3. The number of hydrogen-bond acceptors (Lipinski definition) is 5. The first-order valence-electron chi connectivity index (χ1n) is 9.90. The van der Waals surface area contributed by atoms with E-state index in [2.05, 4.69) is 10.2 Å². The molecular formula is C23H20Cl2N4O3. The van der Waals surface area contributed by atoms with E-state index in [0.717, 1.165) is 22.5 Å². The molecule has 7 nitrogen and oxygen atoms in total. The van der Waals surface area contributed by atoms with Gasteiger partial charge in [0.05, 0.1) is 23.8 Å². The molecule has 2 aromatic carbocycles. The number of hydrogen-bond donors (Lipinski definition) is 0. The lowest BCUT2D eigenvalue weighted by molar-refractivity contribution is -0.129. The number of ketones is 1. The first-order chi connectivity index (χ1) is 15.6. The predicted octanol–water partition coefficient (Wildman–Crippen LogP) is 3.69. The molecule has 0 fully saturated rings. The summed E-state index contributed by atoms with van der Waals surface area (Å²) < 4.78 is 0. The lowest BCUT2D eigenvalue weighted by Crippen LogP contribution is -2.29. The first kappa shape index (κ1) is 21.9. The van der Waals surface area contributed by atoms with Gasteiger partial charge in [0.25, 0.3) is 0 Å². The monoisotopic (exact) mass is 470 g/mol. The number of carbonyl (C=O) groups excluding carboxylic acids is 1. The highest BCUT2D eigenvalue weighted by atomic mass is 35.5. The molecule has 0 spiro atoms. The SMILES string of the molecule is O=C(COn1nccc1Cc1cccc(Cl)c1)COn1nccc1Cc1cccc(Cl)c1. The molecule has 0 saturated heterocycles. The summed E-state index contributed by atoms with van der Waals surface area (Å²) >= 11 is 12.1. The minimum Gasteiger partial charge on any atom is -0.388 e. The third-order valence-electron chi connectivity index (χ3n) is 4.61. The molecule has 164 valence electrons. The van der Waals surface area contributed by atoms with Gasteiger partial charge >= 0.3 is 0 Å². The van der Waals surface area contributed by atoms with Gasteiger partial charge in [-0.15, -0.1) is 19.9 Å². The highest BCUT2D eigenvalue weighted by Gasteiger charge is 2.11. The standard InChI is InChI=1S/C23H20Cl2N4O3/c24-19-5-1-3-17(11-19)13-21-7-9-26-28(21)31-15-23(30)16-32-29-22(8-10-27-29)14-18-4-2-6-20(25)12-18/h1-12H,13-16H2. The van der Waals surface area contributed by atoms with Crippen LogP contribution < -0.4 is 9.68 Å². The number of carbonyl (C=O) groups is 1. The van der Waals surface area contributed by atoms with Gasteiger partial charge < -0.3 is 9.68 Å². The molecular weight excluding hydrogens is 451 g/mol. The molecule has 0 unspecified atom stereocenters. The van der Waals surface area contributed by atoms with E-state index in [1.165, 1.54) is 9.69 Å². The van der Waals surface area contributed by atoms with E-state index >= 15 is 0 Å². The maximum absolute atomic E-state index is 12.3. The van der Waals surface area contributed by atoms with Crippen molar-refractivity contribution < 1.29 is 14.5 Å². The number of nitrogens with zero attached hydrogens (tertiary/aromatic N) is 4. The van der Waals surface area contributed by atoms with E-state index in [1.54, 1.807) is 12.4 Å². The fourth-order valence-corrected chi connectivity index (χ4v) is 3.57. The minimum absolute atomic E-state index is 0.185. The smallest absolute Gasteiger partial charge is 0.213 e. The molecule has 0 saturated carbocycles. The molecule has 0 amide bonds. The minimum atomic E-state index is -0.251. The quantitative estimate of drug-likeness (QED) is 0.353. The Balaban J connectivity index is 1.29. The molecule has 32 heavy (non-hydrogen) atoms. The molecule has 2 aromatic heterocycles. The van der Waals surface area contributed by atoms with Gasteiger partial charge in [-0.2, -0.15) is 0 Å². The Hall–Kier alpha value is -3.29. The van der Waals surface area contributed by atoms with Crippen LogP contribution >= 0.6 is 23.2 Å². The van der Waals surface area contributed by atoms with Crippen molar-refractivity contribution in [1.82, 2.24) is 19.9 Å². The summed E-state index contributed by atoms with van der Waals surface area (Å²) in [6.07, 6.45) is 4.39. The Labute approximate surface area is 195 Å². The summed E-state index contributed by atoms with van der Waals surface area (Å²) in [5.41, 5.74) is 3.64. The first-order valence-corrected chi connectivity index (χ1v) is 10.7. The van der Waals surface area contributed by atoms with Crippen LogP contribution in [0.1, 0.15) is 22.5 Å². The highest BCUT2D eigenvalue weighted by molar-refractivity contribution is 6.30. The Morgan fingerprint density at radius 3 is 1.66 bits per heavy atom. The predicted molar refractivity (Wildman–Crippen MR) is 121 cm³/mol. The van der Waals surface area contributed by atoms with Gasteiger partial charge in [0, 0.05) is 22.9 Å². The molecule has 2 heterocycles. The summed E-state index contributed by atoms with van der Waals surface area (Å²) in [5.74, 6) is -0.251. The third kappa shape index (κ3) is 5.90. The van der Waals surface area contributed by atoms with E-state index in [9.17, 15) is 4.79 Å². The van der Waals surface area contributed by atoms with Crippen molar-refractivity contribution in [1.29, 1.82) is 0 Å². The van der Waals surface area contributed by atoms with E-state index in [4.69, 9.17) is 32.9 Å². The maximum atomic E-state index is 12.3. The third-order valence-corrected chi connectivity index (χ3v) is 5.08. The van der Waals surface area contributed by atoms with Crippen LogP contribution in [0.3, 0.4) is 0 Å². The largest absolute Gasteiger partial charge is 0.388 e. The Morgan fingerprint density at radius 1 is 0.750 bits per heavy atom. The normalized spacial score (nSPS) is 10.8. The Kier molecular flexibility index (Phi) is 7.09. The number of rotatable bonds is 10. The van der Waals surface area contributed by atoms with E-state index in [-0.39, 0.29) is 19.0 Å². The van der Waals surface area contributed by atoms with Gasteiger partial charge in [-0.3, -0.25) is 4.79 Å². The number of aromatic nitrogens is 4. The molecule has 0 N–H and O–H groups in total.